The maximum absolute atomic E-state index is 5.76. The Balaban J connectivity index is 2.87. The Morgan fingerprint density at radius 2 is 2.24 bits per heavy atom. The molecule has 17 heavy (non-hydrogen) atoms. The van der Waals surface area contributed by atoms with E-state index in [0.717, 1.165) is 25.2 Å². The van der Waals surface area contributed by atoms with Crippen molar-refractivity contribution in [3.63, 3.8) is 0 Å². The fraction of sp³-hybridized carbons (Fsp3) is 0.750. The van der Waals surface area contributed by atoms with Gasteiger partial charge < -0.3 is 9.30 Å². The Morgan fingerprint density at radius 3 is 2.76 bits per heavy atom. The maximum Gasteiger partial charge on any atom is 0.129 e. The molecule has 5 nitrogen and oxygen atoms in total. The highest BCUT2D eigenvalue weighted by Crippen LogP contribution is 2.21. The van der Waals surface area contributed by atoms with Gasteiger partial charge in [-0.05, 0) is 20.3 Å². The molecule has 0 aromatic carbocycles. The standard InChI is InChI=1S/C12H24N4O/c1-4-7-10(17-6-3)11(15-13)12-14-8-9-16(12)5-2/h8-11,15H,4-7,13H2,1-3H3. The lowest BCUT2D eigenvalue weighted by Crippen LogP contribution is -2.39. The summed E-state index contributed by atoms with van der Waals surface area (Å²) >= 11 is 0. The fourth-order valence-corrected chi connectivity index (χ4v) is 2.06. The zero-order valence-electron chi connectivity index (χ0n) is 11.0. The third-order valence-corrected chi connectivity index (χ3v) is 2.87. The number of hydrogen-bond donors (Lipinski definition) is 2. The summed E-state index contributed by atoms with van der Waals surface area (Å²) in [5.41, 5.74) is 2.84. The topological polar surface area (TPSA) is 65.1 Å². The summed E-state index contributed by atoms with van der Waals surface area (Å²) < 4.78 is 7.85. The van der Waals surface area contributed by atoms with E-state index in [2.05, 4.69) is 28.8 Å². The average Bonchev–Trinajstić information content (AvgIpc) is 2.79. The summed E-state index contributed by atoms with van der Waals surface area (Å²) in [5.74, 6) is 6.61. The van der Waals surface area contributed by atoms with E-state index in [-0.39, 0.29) is 12.1 Å². The van der Waals surface area contributed by atoms with Gasteiger partial charge in [0, 0.05) is 25.5 Å². The van der Waals surface area contributed by atoms with Gasteiger partial charge in [-0.2, -0.15) is 0 Å². The molecule has 0 aliphatic carbocycles. The molecule has 0 fully saturated rings. The van der Waals surface area contributed by atoms with Gasteiger partial charge in [0.05, 0.1) is 6.10 Å². The predicted molar refractivity (Wildman–Crippen MR) is 68.3 cm³/mol. The SMILES string of the molecule is CCCC(OCC)C(NN)c1nccn1CC. The van der Waals surface area contributed by atoms with Crippen molar-refractivity contribution in [2.45, 2.75) is 52.3 Å². The predicted octanol–water partition coefficient (Wildman–Crippen LogP) is 1.61. The highest BCUT2D eigenvalue weighted by atomic mass is 16.5. The average molecular weight is 240 g/mol. The van der Waals surface area contributed by atoms with Crippen molar-refractivity contribution in [2.75, 3.05) is 6.61 Å². The molecule has 0 saturated heterocycles. The number of nitrogens with one attached hydrogen (secondary N) is 1. The summed E-state index contributed by atoms with van der Waals surface area (Å²) in [6.07, 6.45) is 5.88. The van der Waals surface area contributed by atoms with Crippen LogP contribution in [0, 0.1) is 0 Å². The molecule has 0 bridgehead atoms. The minimum absolute atomic E-state index is 0.0511. The van der Waals surface area contributed by atoms with Crippen LogP contribution in [0.1, 0.15) is 45.5 Å². The molecular formula is C12H24N4O. The number of nitrogens with zero attached hydrogens (tertiary/aromatic N) is 2. The van der Waals surface area contributed by atoms with E-state index in [1.165, 1.54) is 0 Å². The molecule has 1 aromatic rings. The summed E-state index contributed by atoms with van der Waals surface area (Å²) in [6, 6.07) is -0.0511. The molecule has 2 unspecified atom stereocenters. The van der Waals surface area contributed by atoms with E-state index < -0.39 is 0 Å². The number of rotatable bonds is 8. The van der Waals surface area contributed by atoms with E-state index in [1.807, 2.05) is 13.1 Å². The van der Waals surface area contributed by atoms with Crippen molar-refractivity contribution in [3.8, 4) is 0 Å². The first kappa shape index (κ1) is 14.2. The molecule has 0 amide bonds. The quantitative estimate of drug-likeness (QED) is 0.535. The normalized spacial score (nSPS) is 14.8. The van der Waals surface area contributed by atoms with Crippen LogP contribution < -0.4 is 11.3 Å². The Kier molecular flexibility index (Phi) is 6.18. The van der Waals surface area contributed by atoms with Crippen LogP contribution in [0.5, 0.6) is 0 Å². The zero-order valence-corrected chi connectivity index (χ0v) is 11.0. The number of aryl methyl sites for hydroxylation is 1. The van der Waals surface area contributed by atoms with Gasteiger partial charge in [0.15, 0.2) is 0 Å². The van der Waals surface area contributed by atoms with Crippen LogP contribution in [0.2, 0.25) is 0 Å². The highest BCUT2D eigenvalue weighted by molar-refractivity contribution is 5.02. The second-order valence-electron chi connectivity index (χ2n) is 4.00. The Hall–Kier alpha value is -0.910. The lowest BCUT2D eigenvalue weighted by Gasteiger charge is -2.26. The van der Waals surface area contributed by atoms with E-state index in [4.69, 9.17) is 10.6 Å². The van der Waals surface area contributed by atoms with Crippen LogP contribution in [-0.4, -0.2) is 22.3 Å². The number of hydrogen-bond acceptors (Lipinski definition) is 4. The highest BCUT2D eigenvalue weighted by Gasteiger charge is 2.25. The molecule has 1 rings (SSSR count). The van der Waals surface area contributed by atoms with E-state index in [0.29, 0.717) is 6.61 Å². The van der Waals surface area contributed by atoms with Gasteiger partial charge in [-0.3, -0.25) is 5.84 Å². The second kappa shape index (κ2) is 7.42. The smallest absolute Gasteiger partial charge is 0.129 e. The summed E-state index contributed by atoms with van der Waals surface area (Å²) in [6.45, 7) is 7.82. The number of nitrogens with two attached hydrogens (primary N) is 1. The third-order valence-electron chi connectivity index (χ3n) is 2.87. The van der Waals surface area contributed by atoms with Crippen molar-refractivity contribution < 1.29 is 4.74 Å². The summed E-state index contributed by atoms with van der Waals surface area (Å²) in [5, 5.41) is 0. The number of ether oxygens (including phenoxy) is 1. The van der Waals surface area contributed by atoms with Crippen molar-refractivity contribution in [3.05, 3.63) is 18.2 Å². The Morgan fingerprint density at radius 1 is 1.47 bits per heavy atom. The van der Waals surface area contributed by atoms with Crippen LogP contribution in [0.4, 0.5) is 0 Å². The minimum Gasteiger partial charge on any atom is -0.376 e. The van der Waals surface area contributed by atoms with Gasteiger partial charge in [0.25, 0.3) is 0 Å². The molecule has 0 radical (unpaired) electrons. The zero-order chi connectivity index (χ0) is 12.7. The lowest BCUT2D eigenvalue weighted by atomic mass is 10.1. The minimum atomic E-state index is -0.0511. The number of imidazole rings is 1. The van der Waals surface area contributed by atoms with Crippen LogP contribution in [-0.2, 0) is 11.3 Å². The maximum atomic E-state index is 5.76. The second-order valence-corrected chi connectivity index (χ2v) is 4.00. The van der Waals surface area contributed by atoms with Crippen molar-refractivity contribution in [1.29, 1.82) is 0 Å². The van der Waals surface area contributed by atoms with Crippen LogP contribution >= 0.6 is 0 Å². The lowest BCUT2D eigenvalue weighted by molar-refractivity contribution is 0.0245. The first-order chi connectivity index (χ1) is 8.28. The first-order valence-electron chi connectivity index (χ1n) is 6.37. The molecule has 1 aromatic heterocycles. The van der Waals surface area contributed by atoms with E-state index in [1.54, 1.807) is 6.20 Å². The largest absolute Gasteiger partial charge is 0.376 e. The number of hydrazine groups is 1. The molecule has 1 heterocycles. The van der Waals surface area contributed by atoms with E-state index in [9.17, 15) is 0 Å². The molecule has 98 valence electrons. The van der Waals surface area contributed by atoms with Crippen molar-refractivity contribution in [2.24, 2.45) is 5.84 Å². The van der Waals surface area contributed by atoms with E-state index >= 15 is 0 Å². The van der Waals surface area contributed by atoms with Gasteiger partial charge in [0.1, 0.15) is 11.9 Å². The van der Waals surface area contributed by atoms with Gasteiger partial charge >= 0.3 is 0 Å². The van der Waals surface area contributed by atoms with Crippen molar-refractivity contribution >= 4 is 0 Å². The monoisotopic (exact) mass is 240 g/mol. The number of aromatic nitrogens is 2. The van der Waals surface area contributed by atoms with Crippen LogP contribution in [0.3, 0.4) is 0 Å². The van der Waals surface area contributed by atoms with Gasteiger partial charge in [-0.1, -0.05) is 13.3 Å². The van der Waals surface area contributed by atoms with Gasteiger partial charge in [-0.25, -0.2) is 10.4 Å². The molecule has 0 saturated carbocycles. The molecule has 0 spiro atoms. The summed E-state index contributed by atoms with van der Waals surface area (Å²) in [7, 11) is 0. The van der Waals surface area contributed by atoms with Crippen molar-refractivity contribution in [1.82, 2.24) is 15.0 Å². The molecule has 5 heteroatoms. The van der Waals surface area contributed by atoms with Gasteiger partial charge in [-0.15, -0.1) is 0 Å². The van der Waals surface area contributed by atoms with Crippen LogP contribution in [0.15, 0.2) is 12.4 Å². The molecular weight excluding hydrogens is 216 g/mol. The van der Waals surface area contributed by atoms with Crippen LogP contribution in [0.25, 0.3) is 0 Å². The Labute approximate surface area is 103 Å². The summed E-state index contributed by atoms with van der Waals surface area (Å²) in [4.78, 5) is 4.38. The first-order valence-corrected chi connectivity index (χ1v) is 6.37. The molecule has 2 atom stereocenters. The fourth-order valence-electron chi connectivity index (χ4n) is 2.06. The third kappa shape index (κ3) is 3.52. The molecule has 0 aliphatic heterocycles. The molecule has 3 N–H and O–H groups in total. The molecule has 0 aliphatic rings. The van der Waals surface area contributed by atoms with Gasteiger partial charge in [0.2, 0.25) is 0 Å². The Bertz CT molecular complexity index is 307.